The molecule has 0 spiro atoms. The van der Waals surface area contributed by atoms with E-state index in [1.165, 1.54) is 18.3 Å². The van der Waals surface area contributed by atoms with E-state index in [0.29, 0.717) is 11.1 Å². The molecule has 0 aliphatic carbocycles. The topological polar surface area (TPSA) is 132 Å². The highest BCUT2D eigenvalue weighted by Crippen LogP contribution is 2.29. The van der Waals surface area contributed by atoms with Crippen LogP contribution in [0.4, 0.5) is 24.7 Å². The summed E-state index contributed by atoms with van der Waals surface area (Å²) < 4.78 is 63.3. The van der Waals surface area contributed by atoms with Crippen molar-refractivity contribution in [2.75, 3.05) is 16.9 Å². The lowest BCUT2D eigenvalue weighted by molar-refractivity contribution is -0.145. The quantitative estimate of drug-likeness (QED) is 0.440. The van der Waals surface area contributed by atoms with Crippen LogP contribution >= 0.6 is 0 Å². The molecule has 180 valence electrons. The van der Waals surface area contributed by atoms with Crippen molar-refractivity contribution in [2.45, 2.75) is 17.7 Å². The van der Waals surface area contributed by atoms with E-state index in [0.717, 1.165) is 28.9 Å². The maximum atomic E-state index is 13.4. The van der Waals surface area contributed by atoms with Crippen molar-refractivity contribution in [2.24, 2.45) is 0 Å². The molecule has 0 saturated heterocycles. The summed E-state index contributed by atoms with van der Waals surface area (Å²) in [5, 5.41) is 0.416. The highest BCUT2D eigenvalue weighted by atomic mass is 32.2. The average Bonchev–Trinajstić information content (AvgIpc) is 2.81. The lowest BCUT2D eigenvalue weighted by Crippen LogP contribution is -2.32. The fourth-order valence-corrected chi connectivity index (χ4v) is 4.15. The molecule has 0 aliphatic heterocycles. The van der Waals surface area contributed by atoms with Gasteiger partial charge in [0, 0.05) is 30.2 Å². The van der Waals surface area contributed by atoms with Crippen molar-refractivity contribution in [3.63, 3.8) is 0 Å². The van der Waals surface area contributed by atoms with E-state index in [2.05, 4.69) is 19.9 Å². The number of anilines is 2. The van der Waals surface area contributed by atoms with Gasteiger partial charge in [0.25, 0.3) is 5.91 Å². The minimum absolute atomic E-state index is 0.0551. The van der Waals surface area contributed by atoms with Crippen molar-refractivity contribution >= 4 is 38.2 Å². The molecule has 9 nitrogen and oxygen atoms in total. The molecule has 35 heavy (non-hydrogen) atoms. The van der Waals surface area contributed by atoms with Crippen molar-refractivity contribution < 1.29 is 26.4 Å². The van der Waals surface area contributed by atoms with Crippen molar-refractivity contribution in [1.29, 1.82) is 0 Å². The summed E-state index contributed by atoms with van der Waals surface area (Å²) in [6, 6.07) is 11.4. The van der Waals surface area contributed by atoms with E-state index in [-0.39, 0.29) is 28.6 Å². The van der Waals surface area contributed by atoms with Gasteiger partial charge in [-0.15, -0.1) is 0 Å². The van der Waals surface area contributed by atoms with E-state index in [4.69, 9.17) is 5.73 Å². The predicted molar refractivity (Wildman–Crippen MR) is 121 cm³/mol. The first-order chi connectivity index (χ1) is 16.4. The molecule has 3 heterocycles. The zero-order valence-electron chi connectivity index (χ0n) is 18.1. The molecule has 1 amide bonds. The Labute approximate surface area is 197 Å². The number of pyridine rings is 2. The van der Waals surface area contributed by atoms with Gasteiger partial charge in [-0.25, -0.2) is 28.4 Å². The number of rotatable bonds is 5. The molecule has 13 heteroatoms. The molecule has 0 saturated carbocycles. The summed E-state index contributed by atoms with van der Waals surface area (Å²) in [6.07, 6.45) is -1.11. The number of nitrogens with two attached hydrogens (primary N) is 1. The van der Waals surface area contributed by atoms with Crippen LogP contribution in [-0.4, -0.2) is 40.5 Å². The zero-order valence-corrected chi connectivity index (χ0v) is 18.9. The van der Waals surface area contributed by atoms with Gasteiger partial charge in [0.05, 0.1) is 23.3 Å². The van der Waals surface area contributed by atoms with Crippen LogP contribution < -0.4 is 10.6 Å². The van der Waals surface area contributed by atoms with Gasteiger partial charge in [0.1, 0.15) is 5.82 Å². The number of amides is 1. The van der Waals surface area contributed by atoms with Crippen molar-refractivity contribution in [3.05, 3.63) is 78.0 Å². The predicted octanol–water partition coefficient (Wildman–Crippen LogP) is 3.27. The smallest absolute Gasteiger partial charge is 0.384 e. The van der Waals surface area contributed by atoms with E-state index >= 15 is 0 Å². The second-order valence-electron chi connectivity index (χ2n) is 7.55. The summed E-state index contributed by atoms with van der Waals surface area (Å²) >= 11 is 0. The van der Waals surface area contributed by atoms with Gasteiger partial charge in [0.15, 0.2) is 14.9 Å². The Morgan fingerprint density at radius 3 is 2.40 bits per heavy atom. The van der Waals surface area contributed by atoms with Gasteiger partial charge >= 0.3 is 6.18 Å². The van der Waals surface area contributed by atoms with E-state index < -0.39 is 27.7 Å². The summed E-state index contributed by atoms with van der Waals surface area (Å²) in [5.41, 5.74) is 6.53. The third-order valence-corrected chi connectivity index (χ3v) is 5.93. The minimum atomic E-state index is -4.78. The number of aromatic nitrogens is 4. The number of carbonyl (C=O) groups is 1. The van der Waals surface area contributed by atoms with E-state index in [1.54, 1.807) is 30.3 Å². The molecular weight excluding hydrogens is 485 g/mol. The summed E-state index contributed by atoms with van der Waals surface area (Å²) in [7, 11) is -3.87. The minimum Gasteiger partial charge on any atom is -0.384 e. The van der Waals surface area contributed by atoms with Gasteiger partial charge in [-0.3, -0.25) is 4.79 Å². The Hall–Kier alpha value is -4.13. The Morgan fingerprint density at radius 1 is 1.06 bits per heavy atom. The number of carbonyl (C=O) groups excluding carboxylic acids is 1. The number of sulfone groups is 1. The van der Waals surface area contributed by atoms with Crippen LogP contribution in [0.3, 0.4) is 0 Å². The molecular formula is C22H17F3N6O3S. The second-order valence-corrected chi connectivity index (χ2v) is 9.48. The lowest BCUT2D eigenvalue weighted by Gasteiger charge is -2.24. The summed E-state index contributed by atoms with van der Waals surface area (Å²) in [5.74, 6) is -1.94. The molecule has 0 bridgehead atoms. The summed E-state index contributed by atoms with van der Waals surface area (Å²) in [6.45, 7) is -0.152. The molecule has 0 unspecified atom stereocenters. The number of benzene rings is 1. The van der Waals surface area contributed by atoms with Gasteiger partial charge in [-0.2, -0.15) is 13.2 Å². The molecule has 0 fully saturated rings. The molecule has 0 atom stereocenters. The van der Waals surface area contributed by atoms with Crippen LogP contribution in [0.1, 0.15) is 21.7 Å². The Balaban J connectivity index is 1.81. The highest BCUT2D eigenvalue weighted by Gasteiger charge is 2.35. The first kappa shape index (κ1) is 24.0. The van der Waals surface area contributed by atoms with E-state index in [9.17, 15) is 26.4 Å². The van der Waals surface area contributed by atoms with Gasteiger partial charge in [-0.1, -0.05) is 12.1 Å². The monoisotopic (exact) mass is 502 g/mol. The SMILES string of the molecule is CS(=O)(=O)c1ncccc1N(Cc1ccc2ccc(N)nc2c1)C(=O)c1cnc(C(F)(F)F)nc1. The number of halogens is 3. The van der Waals surface area contributed by atoms with Crippen LogP contribution in [-0.2, 0) is 22.6 Å². The van der Waals surface area contributed by atoms with Gasteiger partial charge in [0.2, 0.25) is 5.82 Å². The van der Waals surface area contributed by atoms with Crippen LogP contribution in [0.5, 0.6) is 0 Å². The normalized spacial score (nSPS) is 12.0. The molecule has 4 rings (SSSR count). The molecule has 2 N–H and O–H groups in total. The Morgan fingerprint density at radius 2 is 1.74 bits per heavy atom. The third-order valence-electron chi connectivity index (χ3n) is 4.91. The fraction of sp³-hybridized carbons (Fsp3) is 0.136. The molecule has 0 radical (unpaired) electrons. The Bertz CT molecular complexity index is 1530. The molecule has 4 aromatic rings. The van der Waals surface area contributed by atoms with Crippen molar-refractivity contribution in [3.8, 4) is 0 Å². The summed E-state index contributed by atoms with van der Waals surface area (Å²) in [4.78, 5) is 29.1. The number of alkyl halides is 3. The number of nitrogens with zero attached hydrogens (tertiary/aromatic N) is 5. The van der Waals surface area contributed by atoms with Crippen LogP contribution in [0, 0.1) is 0 Å². The van der Waals surface area contributed by atoms with Gasteiger partial charge < -0.3 is 10.6 Å². The maximum Gasteiger partial charge on any atom is 0.451 e. The first-order valence-electron chi connectivity index (χ1n) is 9.95. The third kappa shape index (κ3) is 5.19. The molecule has 1 aromatic carbocycles. The van der Waals surface area contributed by atoms with E-state index in [1.807, 2.05) is 0 Å². The standard InChI is InChI=1S/C22H17F3N6O3S/c1-35(33,34)19-17(3-2-8-27-19)31(20(32)15-10-28-21(29-11-15)22(23,24)25)12-13-4-5-14-6-7-18(26)30-16(14)9-13/h2-11H,12H2,1H3,(H2,26,30). The number of hydrogen-bond acceptors (Lipinski definition) is 8. The molecule has 3 aromatic heterocycles. The fourth-order valence-electron chi connectivity index (χ4n) is 3.34. The second kappa shape index (κ2) is 8.91. The van der Waals surface area contributed by atoms with Crippen LogP contribution in [0.25, 0.3) is 10.9 Å². The zero-order chi connectivity index (χ0) is 25.4. The van der Waals surface area contributed by atoms with Crippen LogP contribution in [0.2, 0.25) is 0 Å². The highest BCUT2D eigenvalue weighted by molar-refractivity contribution is 7.90. The number of fused-ring (bicyclic) bond motifs is 1. The Kier molecular flexibility index (Phi) is 6.11. The van der Waals surface area contributed by atoms with Crippen LogP contribution in [0.15, 0.2) is 66.1 Å². The largest absolute Gasteiger partial charge is 0.451 e. The van der Waals surface area contributed by atoms with Gasteiger partial charge in [-0.05, 0) is 35.9 Å². The first-order valence-corrected chi connectivity index (χ1v) is 11.8. The van der Waals surface area contributed by atoms with Crippen molar-refractivity contribution in [1.82, 2.24) is 19.9 Å². The lowest BCUT2D eigenvalue weighted by atomic mass is 10.1. The maximum absolute atomic E-state index is 13.4. The number of hydrogen-bond donors (Lipinski definition) is 1. The number of nitrogen functional groups attached to an aromatic ring is 1. The molecule has 0 aliphatic rings. The average molecular weight is 502 g/mol.